The minimum Gasteiger partial charge on any atom is -0.507 e. The van der Waals surface area contributed by atoms with Gasteiger partial charge in [0.15, 0.2) is 0 Å². The van der Waals surface area contributed by atoms with Crippen molar-refractivity contribution in [3.05, 3.63) is 51.6 Å². The minimum absolute atomic E-state index is 0.0401. The summed E-state index contributed by atoms with van der Waals surface area (Å²) in [7, 11) is 0. The van der Waals surface area contributed by atoms with Crippen molar-refractivity contribution in [1.29, 1.82) is 0 Å². The van der Waals surface area contributed by atoms with Crippen LogP contribution in [0.25, 0.3) is 0 Å². The predicted octanol–water partition coefficient (Wildman–Crippen LogP) is 6.62. The molecule has 1 aromatic carbocycles. The molecule has 0 aliphatic rings. The number of carboxylic acids is 1. The molecule has 0 bridgehead atoms. The van der Waals surface area contributed by atoms with E-state index in [0.717, 1.165) is 55.2 Å². The van der Waals surface area contributed by atoms with Crippen LogP contribution in [-0.4, -0.2) is 16.2 Å². The molecule has 0 aliphatic heterocycles. The quantitative estimate of drug-likeness (QED) is 0.339. The molecule has 0 unspecified atom stereocenters. The Morgan fingerprint density at radius 3 is 2.33 bits per heavy atom. The molecule has 0 radical (unpaired) electrons. The molecule has 0 amide bonds. The van der Waals surface area contributed by atoms with Crippen molar-refractivity contribution in [2.45, 2.75) is 86.0 Å². The van der Waals surface area contributed by atoms with Gasteiger partial charge in [0.25, 0.3) is 0 Å². The summed E-state index contributed by atoms with van der Waals surface area (Å²) in [4.78, 5) is 11.8. The molecule has 3 heteroatoms. The first-order valence-electron chi connectivity index (χ1n) is 10.2. The Hall–Kier alpha value is -2.03. The van der Waals surface area contributed by atoms with Gasteiger partial charge in [0.2, 0.25) is 0 Å². The van der Waals surface area contributed by atoms with E-state index < -0.39 is 5.97 Å². The second-order valence-electron chi connectivity index (χ2n) is 7.59. The SMILES string of the molecule is CCCCCc1cc(CC)c(C/C=C(\C)CCC=C(C)C)c(O)c1C(=O)O. The van der Waals surface area contributed by atoms with Crippen molar-refractivity contribution in [3.8, 4) is 5.75 Å². The molecule has 0 atom stereocenters. The van der Waals surface area contributed by atoms with Crippen LogP contribution in [0.4, 0.5) is 0 Å². The first-order valence-corrected chi connectivity index (χ1v) is 10.2. The van der Waals surface area contributed by atoms with E-state index in [9.17, 15) is 15.0 Å². The molecule has 0 aliphatic carbocycles. The summed E-state index contributed by atoms with van der Waals surface area (Å²) in [6, 6.07) is 2.00. The second-order valence-corrected chi connectivity index (χ2v) is 7.59. The van der Waals surface area contributed by atoms with Crippen LogP contribution in [0.3, 0.4) is 0 Å². The van der Waals surface area contributed by atoms with E-state index in [4.69, 9.17) is 0 Å². The maximum absolute atomic E-state index is 11.8. The molecule has 3 nitrogen and oxygen atoms in total. The molecule has 1 rings (SSSR count). The summed E-state index contributed by atoms with van der Waals surface area (Å²) in [6.07, 6.45) is 11.5. The molecule has 0 saturated carbocycles. The largest absolute Gasteiger partial charge is 0.507 e. The highest BCUT2D eigenvalue weighted by Gasteiger charge is 2.21. The van der Waals surface area contributed by atoms with E-state index in [1.54, 1.807) is 0 Å². The normalized spacial score (nSPS) is 11.5. The van der Waals surface area contributed by atoms with Gasteiger partial charge in [-0.3, -0.25) is 0 Å². The lowest BCUT2D eigenvalue weighted by atomic mass is 9.90. The topological polar surface area (TPSA) is 57.5 Å². The Bertz CT molecular complexity index is 692. The highest BCUT2D eigenvalue weighted by atomic mass is 16.4. The van der Waals surface area contributed by atoms with Gasteiger partial charge in [-0.25, -0.2) is 4.79 Å². The van der Waals surface area contributed by atoms with Gasteiger partial charge in [-0.1, -0.05) is 56.1 Å². The van der Waals surface area contributed by atoms with Gasteiger partial charge < -0.3 is 10.2 Å². The molecule has 150 valence electrons. The number of benzene rings is 1. The van der Waals surface area contributed by atoms with Crippen LogP contribution in [0.5, 0.6) is 5.75 Å². The number of aryl methyl sites for hydroxylation is 2. The van der Waals surface area contributed by atoms with E-state index in [1.807, 2.05) is 6.07 Å². The number of aromatic hydroxyl groups is 1. The van der Waals surface area contributed by atoms with Crippen molar-refractivity contribution < 1.29 is 15.0 Å². The van der Waals surface area contributed by atoms with E-state index in [-0.39, 0.29) is 11.3 Å². The third kappa shape index (κ3) is 7.24. The lowest BCUT2D eigenvalue weighted by Crippen LogP contribution is -2.08. The molecule has 0 fully saturated rings. The first-order chi connectivity index (χ1) is 12.8. The standard InChI is InChI=1S/C24H36O3/c1-6-8-9-13-20-16-19(7-2)21(23(25)22(20)24(26)27)15-14-18(5)12-10-11-17(3)4/h11,14,16,25H,6-10,12-13,15H2,1-5H3,(H,26,27)/b18-14+. The van der Waals surface area contributed by atoms with Crippen LogP contribution in [0.2, 0.25) is 0 Å². The lowest BCUT2D eigenvalue weighted by molar-refractivity contribution is 0.0692. The van der Waals surface area contributed by atoms with Crippen LogP contribution in [0, 0.1) is 0 Å². The zero-order chi connectivity index (χ0) is 20.4. The minimum atomic E-state index is -1.04. The molecule has 2 N–H and O–H groups in total. The summed E-state index contributed by atoms with van der Waals surface area (Å²) >= 11 is 0. The van der Waals surface area contributed by atoms with Crippen molar-refractivity contribution in [1.82, 2.24) is 0 Å². The van der Waals surface area contributed by atoms with Gasteiger partial charge in [0, 0.05) is 5.56 Å². The molecular formula is C24H36O3. The number of hydrogen-bond donors (Lipinski definition) is 2. The zero-order valence-electron chi connectivity index (χ0n) is 17.7. The third-order valence-electron chi connectivity index (χ3n) is 4.97. The number of allylic oxidation sites excluding steroid dienone is 4. The summed E-state index contributed by atoms with van der Waals surface area (Å²) in [5, 5.41) is 20.4. The Kier molecular flexibility index (Phi) is 9.92. The van der Waals surface area contributed by atoms with Crippen LogP contribution < -0.4 is 0 Å². The van der Waals surface area contributed by atoms with Gasteiger partial charge in [-0.05, 0) is 70.4 Å². The molecule has 1 aromatic rings. The number of hydrogen-bond acceptors (Lipinski definition) is 2. The second kappa shape index (κ2) is 11.6. The maximum atomic E-state index is 11.8. The summed E-state index contributed by atoms with van der Waals surface area (Å²) in [6.45, 7) is 10.5. The van der Waals surface area contributed by atoms with Crippen molar-refractivity contribution in [3.63, 3.8) is 0 Å². The fourth-order valence-corrected chi connectivity index (χ4v) is 3.34. The molecular weight excluding hydrogens is 336 g/mol. The van der Waals surface area contributed by atoms with Crippen LogP contribution in [0.15, 0.2) is 29.4 Å². The van der Waals surface area contributed by atoms with Gasteiger partial charge in [-0.2, -0.15) is 0 Å². The average Bonchev–Trinajstić information content (AvgIpc) is 2.59. The monoisotopic (exact) mass is 372 g/mol. The summed E-state index contributed by atoms with van der Waals surface area (Å²) in [5.74, 6) is -1.08. The molecule has 0 spiro atoms. The molecule has 27 heavy (non-hydrogen) atoms. The summed E-state index contributed by atoms with van der Waals surface area (Å²) < 4.78 is 0. The number of phenols is 1. The summed E-state index contributed by atoms with van der Waals surface area (Å²) in [5.41, 5.74) is 5.25. The molecule has 0 aromatic heterocycles. The lowest BCUT2D eigenvalue weighted by Gasteiger charge is -2.16. The van der Waals surface area contributed by atoms with Gasteiger partial charge in [0.1, 0.15) is 11.3 Å². The predicted molar refractivity (Wildman–Crippen MR) is 114 cm³/mol. The highest BCUT2D eigenvalue weighted by molar-refractivity contribution is 5.93. The fraction of sp³-hybridized carbons (Fsp3) is 0.542. The smallest absolute Gasteiger partial charge is 0.339 e. The number of unbranched alkanes of at least 4 members (excludes halogenated alkanes) is 2. The van der Waals surface area contributed by atoms with Crippen molar-refractivity contribution >= 4 is 5.97 Å². The van der Waals surface area contributed by atoms with Crippen LogP contribution >= 0.6 is 0 Å². The van der Waals surface area contributed by atoms with Crippen LogP contribution in [0.1, 0.15) is 93.8 Å². The maximum Gasteiger partial charge on any atom is 0.339 e. The van der Waals surface area contributed by atoms with E-state index in [1.165, 1.54) is 11.1 Å². The third-order valence-corrected chi connectivity index (χ3v) is 4.97. The van der Waals surface area contributed by atoms with Gasteiger partial charge >= 0.3 is 5.97 Å². The van der Waals surface area contributed by atoms with Crippen molar-refractivity contribution in [2.24, 2.45) is 0 Å². The van der Waals surface area contributed by atoms with Gasteiger partial charge in [-0.15, -0.1) is 0 Å². The number of aromatic carboxylic acids is 1. The zero-order valence-corrected chi connectivity index (χ0v) is 17.7. The first kappa shape index (κ1) is 23.0. The fourth-order valence-electron chi connectivity index (χ4n) is 3.34. The Morgan fingerprint density at radius 2 is 1.78 bits per heavy atom. The van der Waals surface area contributed by atoms with E-state index in [0.29, 0.717) is 12.8 Å². The number of carbonyl (C=O) groups is 1. The average molecular weight is 373 g/mol. The number of rotatable bonds is 11. The van der Waals surface area contributed by atoms with E-state index in [2.05, 4.69) is 46.8 Å². The highest BCUT2D eigenvalue weighted by Crippen LogP contribution is 2.32. The van der Waals surface area contributed by atoms with Crippen molar-refractivity contribution in [2.75, 3.05) is 0 Å². The number of carboxylic acid groups (broad SMARTS) is 1. The van der Waals surface area contributed by atoms with Crippen LogP contribution in [-0.2, 0) is 19.3 Å². The van der Waals surface area contributed by atoms with Gasteiger partial charge in [0.05, 0.1) is 0 Å². The molecule has 0 heterocycles. The van der Waals surface area contributed by atoms with E-state index >= 15 is 0 Å². The molecule has 0 saturated heterocycles. The Morgan fingerprint density at radius 1 is 1.07 bits per heavy atom. The Labute approximate surface area is 164 Å². The Balaban J connectivity index is 3.13.